The first-order chi connectivity index (χ1) is 35.0. The average Bonchev–Trinajstić information content (AvgIpc) is 3.38. The molecule has 0 aliphatic rings. The van der Waals surface area contributed by atoms with Crippen molar-refractivity contribution in [1.82, 2.24) is 9.27 Å². The Labute approximate surface area is 451 Å². The van der Waals surface area contributed by atoms with Crippen molar-refractivity contribution >= 4 is 38.0 Å². The Hall–Kier alpha value is 0.0847. The van der Waals surface area contributed by atoms with Crippen molar-refractivity contribution in [3.63, 3.8) is 0 Å². The SMILES string of the molecule is CCCCCCCC(CCCCCCC)OBN(BOC(CCCCCCC)CCCCCCC)BN(BOC(CCCCCCC)CCCCCCC)BOC(CCCCCCC)CCCCCCC. The van der Waals surface area contributed by atoms with Crippen molar-refractivity contribution in [2.75, 3.05) is 0 Å². The van der Waals surface area contributed by atoms with Crippen molar-refractivity contribution in [2.24, 2.45) is 0 Å². The minimum atomic E-state index is 0.309. The van der Waals surface area contributed by atoms with Crippen LogP contribution in [-0.2, 0) is 18.6 Å². The summed E-state index contributed by atoms with van der Waals surface area (Å²) < 4.78 is 33.5. The predicted molar refractivity (Wildman–Crippen MR) is 326 cm³/mol. The summed E-state index contributed by atoms with van der Waals surface area (Å²) in [6.07, 6.45) is 63.5. The standard InChI is InChI=1S/C60H129B5N2O4/c1-9-17-25-33-41-49-57(50-42-34-26-18-10-2)68-62-66(63-69-58(51-43-35-27-19-11-3)52-44-36-28-20-12-4)61-67(64-70-59(53-45-37-29-21-13-5)54-46-38-30-22-14-6)65-71-60(55-47-39-31-23-15-7)56-48-40-32-24-16-8/h57-65H,9-56H2,1-8H3. The second-order valence-electron chi connectivity index (χ2n) is 22.8. The van der Waals surface area contributed by atoms with Crippen LogP contribution in [0.4, 0.5) is 0 Å². The fourth-order valence-corrected chi connectivity index (χ4v) is 10.4. The fourth-order valence-electron chi connectivity index (χ4n) is 10.4. The lowest BCUT2D eigenvalue weighted by Gasteiger charge is -2.32. The molecule has 0 atom stereocenters. The average molecular weight is 997 g/mol. The van der Waals surface area contributed by atoms with E-state index in [1.165, 1.54) is 308 Å². The van der Waals surface area contributed by atoms with Gasteiger partial charge in [-0.15, -0.1) is 0 Å². The summed E-state index contributed by atoms with van der Waals surface area (Å²) >= 11 is 0. The monoisotopic (exact) mass is 997 g/mol. The molecule has 0 bridgehead atoms. The van der Waals surface area contributed by atoms with Gasteiger partial charge < -0.3 is 27.9 Å². The molecule has 0 aromatic heterocycles. The van der Waals surface area contributed by atoms with Crippen LogP contribution in [0.2, 0.25) is 0 Å². The lowest BCUT2D eigenvalue weighted by atomic mass is 9.77. The molecule has 71 heavy (non-hydrogen) atoms. The second-order valence-corrected chi connectivity index (χ2v) is 22.8. The third-order valence-electron chi connectivity index (χ3n) is 15.4. The topological polar surface area (TPSA) is 43.4 Å². The zero-order chi connectivity index (χ0) is 51.8. The van der Waals surface area contributed by atoms with Crippen LogP contribution in [0, 0.1) is 0 Å². The summed E-state index contributed by atoms with van der Waals surface area (Å²) in [5.74, 6) is 0. The van der Waals surface area contributed by atoms with Gasteiger partial charge >= 0.3 is 30.5 Å². The van der Waals surface area contributed by atoms with Crippen LogP contribution >= 0.6 is 0 Å². The molecular formula is C60H129B5N2O4. The number of unbranched alkanes of at least 4 members (excludes halogenated alkanes) is 32. The third kappa shape index (κ3) is 50.7. The summed E-state index contributed by atoms with van der Waals surface area (Å²) in [5, 5.41) is 0. The Morgan fingerprint density at radius 3 is 0.493 bits per heavy atom. The van der Waals surface area contributed by atoms with Gasteiger partial charge in [0.05, 0.1) is 0 Å². The molecule has 0 aromatic carbocycles. The van der Waals surface area contributed by atoms with Crippen molar-refractivity contribution in [3.05, 3.63) is 0 Å². The van der Waals surface area contributed by atoms with Crippen LogP contribution in [0.3, 0.4) is 0 Å². The van der Waals surface area contributed by atoms with Crippen LogP contribution < -0.4 is 0 Å². The van der Waals surface area contributed by atoms with E-state index in [4.69, 9.17) is 18.6 Å². The molecule has 418 valence electrons. The maximum Gasteiger partial charge on any atom is 0.343 e. The minimum Gasteiger partial charge on any atom is -0.422 e. The van der Waals surface area contributed by atoms with Crippen molar-refractivity contribution in [3.8, 4) is 0 Å². The molecular weight excluding hydrogens is 867 g/mol. The van der Waals surface area contributed by atoms with Gasteiger partial charge in [-0.3, -0.25) is 0 Å². The van der Waals surface area contributed by atoms with E-state index in [9.17, 15) is 0 Å². The molecule has 11 heteroatoms. The number of nitrogens with zero attached hydrogens (tertiary/aromatic N) is 2. The zero-order valence-electron chi connectivity index (χ0n) is 50.3. The quantitative estimate of drug-likeness (QED) is 0.0447. The fraction of sp³-hybridized carbons (Fsp3) is 1.00. The van der Waals surface area contributed by atoms with Crippen molar-refractivity contribution < 1.29 is 18.6 Å². The summed E-state index contributed by atoms with van der Waals surface area (Å²) in [4.78, 5) is 0. The molecule has 0 heterocycles. The highest BCUT2D eigenvalue weighted by Gasteiger charge is 2.25. The van der Waals surface area contributed by atoms with E-state index in [1.807, 2.05) is 0 Å². The Bertz CT molecular complexity index is 793. The molecule has 6 nitrogen and oxygen atoms in total. The van der Waals surface area contributed by atoms with Crippen LogP contribution in [0.5, 0.6) is 0 Å². The van der Waals surface area contributed by atoms with Gasteiger partial charge in [0, 0.05) is 24.4 Å². The molecule has 0 saturated carbocycles. The number of rotatable bonds is 62. The molecule has 0 fully saturated rings. The molecule has 0 spiro atoms. The van der Waals surface area contributed by atoms with Crippen LogP contribution in [0.15, 0.2) is 0 Å². The van der Waals surface area contributed by atoms with E-state index in [0.717, 1.165) is 7.55 Å². The second kappa shape index (κ2) is 59.3. The third-order valence-corrected chi connectivity index (χ3v) is 15.4. The van der Waals surface area contributed by atoms with Gasteiger partial charge in [0.15, 0.2) is 0 Å². The van der Waals surface area contributed by atoms with Crippen LogP contribution in [0.25, 0.3) is 0 Å². The lowest BCUT2D eigenvalue weighted by Crippen LogP contribution is -2.52. The zero-order valence-corrected chi connectivity index (χ0v) is 50.3. The van der Waals surface area contributed by atoms with Gasteiger partial charge in [0.25, 0.3) is 7.55 Å². The highest BCUT2D eigenvalue weighted by molar-refractivity contribution is 6.69. The molecule has 0 radical (unpaired) electrons. The van der Waals surface area contributed by atoms with E-state index in [2.05, 4.69) is 64.7 Å². The Balaban J connectivity index is 6.76. The molecule has 0 saturated heterocycles. The van der Waals surface area contributed by atoms with E-state index in [0.29, 0.717) is 54.9 Å². The van der Waals surface area contributed by atoms with Crippen molar-refractivity contribution in [2.45, 2.75) is 388 Å². The summed E-state index contributed by atoms with van der Waals surface area (Å²) in [5.41, 5.74) is 0. The molecule has 0 N–H and O–H groups in total. The maximum absolute atomic E-state index is 7.13. The maximum atomic E-state index is 7.13. The highest BCUT2D eigenvalue weighted by Crippen LogP contribution is 2.21. The first-order valence-electron chi connectivity index (χ1n) is 32.9. The Morgan fingerprint density at radius 2 is 0.352 bits per heavy atom. The normalized spacial score (nSPS) is 12.0. The molecule has 0 aliphatic carbocycles. The first-order valence-corrected chi connectivity index (χ1v) is 32.9. The van der Waals surface area contributed by atoms with E-state index < -0.39 is 0 Å². The Morgan fingerprint density at radius 1 is 0.211 bits per heavy atom. The smallest absolute Gasteiger partial charge is 0.343 e. The summed E-state index contributed by atoms with van der Waals surface area (Å²) in [6.45, 7) is 18.6. The number of hydrogen-bond acceptors (Lipinski definition) is 6. The van der Waals surface area contributed by atoms with Gasteiger partial charge in [-0.1, -0.05) is 312 Å². The molecule has 0 aromatic rings. The van der Waals surface area contributed by atoms with Crippen molar-refractivity contribution in [1.29, 1.82) is 0 Å². The molecule has 0 aliphatic heterocycles. The molecule has 0 rings (SSSR count). The van der Waals surface area contributed by atoms with Gasteiger partial charge in [-0.05, 0) is 51.4 Å². The minimum absolute atomic E-state index is 0.309. The van der Waals surface area contributed by atoms with E-state index >= 15 is 0 Å². The van der Waals surface area contributed by atoms with Gasteiger partial charge in [0.1, 0.15) is 0 Å². The van der Waals surface area contributed by atoms with E-state index in [1.54, 1.807) is 0 Å². The summed E-state index contributed by atoms with van der Waals surface area (Å²) in [6, 6.07) is 0. The van der Waals surface area contributed by atoms with Gasteiger partial charge in [0.2, 0.25) is 0 Å². The lowest BCUT2D eigenvalue weighted by molar-refractivity contribution is 0.157. The Kier molecular flexibility index (Phi) is 59.4. The number of hydrogen-bond donors (Lipinski definition) is 0. The van der Waals surface area contributed by atoms with Gasteiger partial charge in [-0.2, -0.15) is 0 Å². The largest absolute Gasteiger partial charge is 0.422 e. The van der Waals surface area contributed by atoms with Gasteiger partial charge in [-0.25, -0.2) is 0 Å². The molecule has 0 amide bonds. The highest BCUT2D eigenvalue weighted by atomic mass is 16.5. The molecule has 0 unspecified atom stereocenters. The van der Waals surface area contributed by atoms with E-state index in [-0.39, 0.29) is 0 Å². The van der Waals surface area contributed by atoms with Crippen LogP contribution in [0.1, 0.15) is 364 Å². The summed E-state index contributed by atoms with van der Waals surface area (Å²) in [7, 11) is 3.20. The van der Waals surface area contributed by atoms with Crippen LogP contribution in [-0.4, -0.2) is 71.7 Å². The first kappa shape index (κ1) is 71.1. The predicted octanol–water partition coefficient (Wildman–Crippen LogP) is 18.3.